The Morgan fingerprint density at radius 2 is 2.03 bits per heavy atom. The normalized spacial score (nSPS) is 29.4. The zero-order valence-electron chi connectivity index (χ0n) is 18.8. The molecule has 4 N–H and O–H groups in total. The van der Waals surface area contributed by atoms with Crippen LogP contribution in [0, 0.1) is 17.2 Å². The maximum absolute atomic E-state index is 13.2. The molecule has 3 fully saturated rings. The number of fused-ring (bicyclic) bond motifs is 2. The molecule has 2 amide bonds. The van der Waals surface area contributed by atoms with Gasteiger partial charge in [0.1, 0.15) is 6.04 Å². The number of benzene rings is 1. The molecule has 178 valence electrons. The fourth-order valence-corrected chi connectivity index (χ4v) is 6.03. The molecule has 0 aromatic heterocycles. The second-order valence-corrected chi connectivity index (χ2v) is 11.0. The number of nitrogens with zero attached hydrogens (tertiary/aromatic N) is 4. The lowest BCUT2D eigenvalue weighted by Crippen LogP contribution is -2.56. The highest BCUT2D eigenvalue weighted by molar-refractivity contribution is 7.89. The number of nitriles is 1. The average Bonchev–Trinajstić information content (AvgIpc) is 3.44. The first kappa shape index (κ1) is 23.6. The van der Waals surface area contributed by atoms with Gasteiger partial charge in [-0.05, 0) is 43.4 Å². The minimum absolute atomic E-state index is 0.0154. The molecule has 6 atom stereocenters. The van der Waals surface area contributed by atoms with Crippen molar-refractivity contribution in [2.75, 3.05) is 19.6 Å². The van der Waals surface area contributed by atoms with E-state index in [4.69, 9.17) is 10.9 Å². The van der Waals surface area contributed by atoms with Crippen LogP contribution in [0.1, 0.15) is 38.3 Å². The van der Waals surface area contributed by atoms with E-state index in [0.717, 1.165) is 0 Å². The molecule has 4 rings (SSSR count). The van der Waals surface area contributed by atoms with E-state index in [-0.39, 0.29) is 47.3 Å². The largest absolute Gasteiger partial charge is 0.330 e. The number of hydrogen-bond acceptors (Lipinski definition) is 7. The van der Waals surface area contributed by atoms with Crippen molar-refractivity contribution in [3.63, 3.8) is 0 Å². The summed E-state index contributed by atoms with van der Waals surface area (Å²) in [5.74, 6) is -0.0340. The summed E-state index contributed by atoms with van der Waals surface area (Å²) in [6.07, 6.45) is 1.29. The van der Waals surface area contributed by atoms with Gasteiger partial charge < -0.3 is 15.5 Å². The van der Waals surface area contributed by atoms with Crippen LogP contribution in [0.25, 0.3) is 0 Å². The van der Waals surface area contributed by atoms with Crippen molar-refractivity contribution in [3.8, 4) is 6.07 Å². The van der Waals surface area contributed by atoms with E-state index in [1.54, 1.807) is 21.9 Å². The van der Waals surface area contributed by atoms with Gasteiger partial charge in [0.05, 0.1) is 29.1 Å². The van der Waals surface area contributed by atoms with E-state index in [0.29, 0.717) is 31.5 Å². The number of amides is 2. The van der Waals surface area contributed by atoms with Gasteiger partial charge in [0, 0.05) is 25.7 Å². The fourth-order valence-electron chi connectivity index (χ4n) is 5.47. The summed E-state index contributed by atoms with van der Waals surface area (Å²) in [7, 11) is -3.83. The van der Waals surface area contributed by atoms with Gasteiger partial charge in [-0.3, -0.25) is 14.5 Å². The number of nitrogens with two attached hydrogens (primary N) is 2. The molecule has 0 spiro atoms. The highest BCUT2D eigenvalue weighted by Gasteiger charge is 2.51. The number of piperazine rings is 1. The predicted molar refractivity (Wildman–Crippen MR) is 120 cm³/mol. The van der Waals surface area contributed by atoms with E-state index >= 15 is 0 Å². The Kier molecular flexibility index (Phi) is 6.22. The predicted octanol–water partition coefficient (Wildman–Crippen LogP) is -0.232. The maximum atomic E-state index is 13.2. The molecule has 3 saturated heterocycles. The first-order valence-corrected chi connectivity index (χ1v) is 12.7. The van der Waals surface area contributed by atoms with Crippen LogP contribution < -0.4 is 10.9 Å². The summed E-state index contributed by atoms with van der Waals surface area (Å²) in [6, 6.07) is 6.57. The van der Waals surface area contributed by atoms with Gasteiger partial charge in [0.25, 0.3) is 0 Å². The molecule has 3 heterocycles. The molecule has 0 aliphatic carbocycles. The SMILES string of the molecule is CC1CC(C#N)N(C(=O)C(N)CN2C[C@@H]3CC2C(=O)N3C(C)c2cccc(S(N)(=O)=O)c2)C1. The van der Waals surface area contributed by atoms with Gasteiger partial charge >= 0.3 is 0 Å². The quantitative estimate of drug-likeness (QED) is 0.577. The first-order chi connectivity index (χ1) is 15.5. The van der Waals surface area contributed by atoms with Crippen LogP contribution in [0.4, 0.5) is 0 Å². The van der Waals surface area contributed by atoms with Crippen molar-refractivity contribution in [3.05, 3.63) is 29.8 Å². The molecule has 33 heavy (non-hydrogen) atoms. The second kappa shape index (κ2) is 8.68. The minimum atomic E-state index is -3.83. The van der Waals surface area contributed by atoms with Gasteiger partial charge in [-0.2, -0.15) is 5.26 Å². The van der Waals surface area contributed by atoms with E-state index < -0.39 is 22.1 Å². The second-order valence-electron chi connectivity index (χ2n) is 9.48. The lowest BCUT2D eigenvalue weighted by atomic mass is 10.1. The Labute approximate surface area is 194 Å². The monoisotopic (exact) mass is 474 g/mol. The Bertz CT molecular complexity index is 1100. The molecule has 5 unspecified atom stereocenters. The topological polar surface area (TPSA) is 154 Å². The Morgan fingerprint density at radius 3 is 2.67 bits per heavy atom. The molecule has 2 bridgehead atoms. The number of sulfonamides is 1. The molecule has 10 nitrogen and oxygen atoms in total. The van der Waals surface area contributed by atoms with Gasteiger partial charge in [0.15, 0.2) is 0 Å². The average molecular weight is 475 g/mol. The van der Waals surface area contributed by atoms with Gasteiger partial charge in [-0.1, -0.05) is 19.1 Å². The van der Waals surface area contributed by atoms with Crippen LogP contribution in [-0.2, 0) is 19.6 Å². The summed E-state index contributed by atoms with van der Waals surface area (Å²) in [4.78, 5) is 31.4. The van der Waals surface area contributed by atoms with Gasteiger partial charge in [-0.15, -0.1) is 0 Å². The molecule has 11 heteroatoms. The van der Waals surface area contributed by atoms with Gasteiger partial charge in [-0.25, -0.2) is 13.6 Å². The molecule has 0 radical (unpaired) electrons. The van der Waals surface area contributed by atoms with Crippen LogP contribution in [0.3, 0.4) is 0 Å². The third-order valence-electron chi connectivity index (χ3n) is 7.09. The highest BCUT2D eigenvalue weighted by Crippen LogP contribution is 2.38. The zero-order valence-corrected chi connectivity index (χ0v) is 19.6. The lowest BCUT2D eigenvalue weighted by molar-refractivity contribution is -0.141. The fraction of sp³-hybridized carbons (Fsp3) is 0.591. The van der Waals surface area contributed by atoms with Crippen molar-refractivity contribution in [1.82, 2.24) is 14.7 Å². The summed E-state index contributed by atoms with van der Waals surface area (Å²) >= 11 is 0. The van der Waals surface area contributed by atoms with E-state index in [9.17, 15) is 23.3 Å². The number of rotatable bonds is 6. The van der Waals surface area contributed by atoms with Gasteiger partial charge in [0.2, 0.25) is 21.8 Å². The smallest absolute Gasteiger partial charge is 0.241 e. The van der Waals surface area contributed by atoms with Crippen LogP contribution in [0.5, 0.6) is 0 Å². The number of likely N-dealkylation sites (tertiary alicyclic amines) is 3. The molecular weight excluding hydrogens is 444 g/mol. The van der Waals surface area contributed by atoms with Crippen molar-refractivity contribution < 1.29 is 18.0 Å². The summed E-state index contributed by atoms with van der Waals surface area (Å²) in [6.45, 7) is 5.26. The van der Waals surface area contributed by atoms with E-state index in [1.807, 2.05) is 18.7 Å². The highest BCUT2D eigenvalue weighted by atomic mass is 32.2. The van der Waals surface area contributed by atoms with Crippen molar-refractivity contribution >= 4 is 21.8 Å². The summed E-state index contributed by atoms with van der Waals surface area (Å²) < 4.78 is 23.4. The van der Waals surface area contributed by atoms with Crippen LogP contribution in [-0.4, -0.2) is 78.7 Å². The van der Waals surface area contributed by atoms with Crippen molar-refractivity contribution in [2.45, 2.75) is 61.8 Å². The number of hydrogen-bond donors (Lipinski definition) is 2. The third-order valence-corrected chi connectivity index (χ3v) is 8.00. The molecule has 1 aromatic carbocycles. The molecule has 0 saturated carbocycles. The van der Waals surface area contributed by atoms with Crippen LogP contribution in [0.15, 0.2) is 29.2 Å². The molecule has 1 aromatic rings. The van der Waals surface area contributed by atoms with Crippen molar-refractivity contribution in [2.24, 2.45) is 16.8 Å². The number of carbonyl (C=O) groups is 2. The molecule has 3 aliphatic rings. The molecule has 3 aliphatic heterocycles. The third kappa shape index (κ3) is 4.36. The van der Waals surface area contributed by atoms with Crippen LogP contribution in [0.2, 0.25) is 0 Å². The lowest BCUT2D eigenvalue weighted by Gasteiger charge is -2.38. The Balaban J connectivity index is 1.42. The standard InChI is InChI=1S/C22H30N6O4S/c1-13-6-16(9-23)27(10-13)21(29)19(24)12-26-11-17-8-20(26)22(30)28(17)14(2)15-4-3-5-18(7-15)33(25,31)32/h3-5,7,13-14,16-17,19-20H,6,8,10-12,24H2,1-2H3,(H2,25,31,32)/t13?,14?,16?,17-,19?,20?/m0/s1. The number of carbonyl (C=O) groups excluding carboxylic acids is 2. The van der Waals surface area contributed by atoms with E-state index in [2.05, 4.69) is 6.07 Å². The summed E-state index contributed by atoms with van der Waals surface area (Å²) in [5, 5.41) is 14.6. The summed E-state index contributed by atoms with van der Waals surface area (Å²) in [5.41, 5.74) is 6.92. The maximum Gasteiger partial charge on any atom is 0.241 e. The zero-order chi connectivity index (χ0) is 24.1. The minimum Gasteiger partial charge on any atom is -0.330 e. The molecular formula is C22H30N6O4S. The number of primary sulfonamides is 1. The van der Waals surface area contributed by atoms with E-state index in [1.165, 1.54) is 12.1 Å². The Morgan fingerprint density at radius 1 is 1.30 bits per heavy atom. The van der Waals surface area contributed by atoms with Crippen molar-refractivity contribution in [1.29, 1.82) is 5.26 Å². The Hall–Kier alpha value is -2.52. The first-order valence-electron chi connectivity index (χ1n) is 11.2. The van der Waals surface area contributed by atoms with Crippen LogP contribution >= 0.6 is 0 Å².